The van der Waals surface area contributed by atoms with Gasteiger partial charge in [-0.05, 0) is 45.6 Å². The number of carbonyl (C=O) groups excluding carboxylic acids is 2. The molecule has 4 rings (SSSR count). The van der Waals surface area contributed by atoms with Crippen molar-refractivity contribution in [3.8, 4) is 0 Å². The van der Waals surface area contributed by atoms with Crippen LogP contribution in [-0.4, -0.2) is 64.9 Å². The van der Waals surface area contributed by atoms with Crippen LogP contribution in [0.3, 0.4) is 0 Å². The molecule has 0 radical (unpaired) electrons. The Labute approximate surface area is 180 Å². The summed E-state index contributed by atoms with van der Waals surface area (Å²) < 4.78 is 2.41. The Morgan fingerprint density at radius 3 is 2.48 bits per heavy atom. The van der Waals surface area contributed by atoms with Gasteiger partial charge in [0.15, 0.2) is 0 Å². The van der Waals surface area contributed by atoms with Gasteiger partial charge in [-0.15, -0.1) is 12.4 Å². The third-order valence-electron chi connectivity index (χ3n) is 6.91. The zero-order valence-corrected chi connectivity index (χ0v) is 18.6. The molecule has 2 aliphatic heterocycles. The van der Waals surface area contributed by atoms with E-state index >= 15 is 0 Å². The molecule has 3 aliphatic rings. The number of nitrogens with one attached hydrogen (secondary N) is 1. The van der Waals surface area contributed by atoms with Crippen LogP contribution in [0, 0.1) is 13.8 Å². The fraction of sp³-hybridized carbons (Fsp3) is 0.727. The second-order valence-electron chi connectivity index (χ2n) is 8.76. The maximum atomic E-state index is 13.4. The highest BCUT2D eigenvalue weighted by atomic mass is 35.5. The van der Waals surface area contributed by atoms with Crippen LogP contribution in [0.4, 0.5) is 0 Å². The highest BCUT2D eigenvalue weighted by Gasteiger charge is 2.33. The van der Waals surface area contributed by atoms with Crippen LogP contribution in [0.15, 0.2) is 6.07 Å². The fourth-order valence-electron chi connectivity index (χ4n) is 5.47. The molecule has 1 atom stereocenters. The molecule has 1 aliphatic carbocycles. The average molecular weight is 423 g/mol. The largest absolute Gasteiger partial charge is 0.345 e. The van der Waals surface area contributed by atoms with Crippen molar-refractivity contribution in [2.24, 2.45) is 0 Å². The SMILES string of the molecule is Cc1cc(C(=O)N2CCCC(N3CCNCC3=O)C2)c(C)n1C1CCCCC1.Cl. The molecule has 162 valence electrons. The van der Waals surface area contributed by atoms with Gasteiger partial charge < -0.3 is 19.7 Å². The van der Waals surface area contributed by atoms with Gasteiger partial charge in [0.05, 0.1) is 12.1 Å². The van der Waals surface area contributed by atoms with Crippen molar-refractivity contribution in [3.63, 3.8) is 0 Å². The molecule has 1 aromatic rings. The molecule has 3 fully saturated rings. The Balaban J connectivity index is 0.00000240. The second kappa shape index (κ2) is 9.52. The highest BCUT2D eigenvalue weighted by molar-refractivity contribution is 5.96. The smallest absolute Gasteiger partial charge is 0.255 e. The van der Waals surface area contributed by atoms with Crippen molar-refractivity contribution < 1.29 is 9.59 Å². The summed E-state index contributed by atoms with van der Waals surface area (Å²) in [5, 5.41) is 3.14. The van der Waals surface area contributed by atoms with Gasteiger partial charge >= 0.3 is 0 Å². The Bertz CT molecular complexity index is 741. The van der Waals surface area contributed by atoms with Gasteiger partial charge in [-0.2, -0.15) is 0 Å². The number of piperazine rings is 1. The standard InChI is InChI=1S/C22H34N4O2.ClH/c1-16-13-20(17(2)26(16)18-7-4-3-5-8-18)22(28)24-11-6-9-19(15-24)25-12-10-23-14-21(25)27;/h13,18-19,23H,3-12,14-15H2,1-2H3;1H. The number of hydrogen-bond acceptors (Lipinski definition) is 3. The number of amides is 2. The summed E-state index contributed by atoms with van der Waals surface area (Å²) in [5.41, 5.74) is 3.18. The number of likely N-dealkylation sites (tertiary alicyclic amines) is 1. The minimum absolute atomic E-state index is 0. The van der Waals surface area contributed by atoms with E-state index in [1.54, 1.807) is 0 Å². The molecule has 29 heavy (non-hydrogen) atoms. The minimum Gasteiger partial charge on any atom is -0.345 e. The van der Waals surface area contributed by atoms with E-state index in [0.717, 1.165) is 43.7 Å². The second-order valence-corrected chi connectivity index (χ2v) is 8.76. The lowest BCUT2D eigenvalue weighted by molar-refractivity contribution is -0.135. The molecule has 1 aromatic heterocycles. The van der Waals surface area contributed by atoms with E-state index in [-0.39, 0.29) is 30.3 Å². The Kier molecular flexibility index (Phi) is 7.28. The first-order valence-corrected chi connectivity index (χ1v) is 11.0. The highest BCUT2D eigenvalue weighted by Crippen LogP contribution is 2.32. The van der Waals surface area contributed by atoms with Gasteiger partial charge in [0.25, 0.3) is 5.91 Å². The van der Waals surface area contributed by atoms with E-state index in [1.807, 2.05) is 9.80 Å². The predicted molar refractivity (Wildman–Crippen MR) is 117 cm³/mol. The molecule has 0 aromatic carbocycles. The molecule has 3 heterocycles. The van der Waals surface area contributed by atoms with Crippen molar-refractivity contribution in [2.45, 2.75) is 70.9 Å². The van der Waals surface area contributed by atoms with E-state index in [0.29, 0.717) is 19.1 Å². The molecule has 0 bridgehead atoms. The fourth-order valence-corrected chi connectivity index (χ4v) is 5.47. The monoisotopic (exact) mass is 422 g/mol. The summed E-state index contributed by atoms with van der Waals surface area (Å²) in [4.78, 5) is 29.6. The Morgan fingerprint density at radius 1 is 1.03 bits per heavy atom. The van der Waals surface area contributed by atoms with E-state index in [1.165, 1.54) is 37.8 Å². The lowest BCUT2D eigenvalue weighted by Crippen LogP contribution is -2.57. The van der Waals surface area contributed by atoms with Gasteiger partial charge in [0.1, 0.15) is 0 Å². The number of aryl methyl sites for hydroxylation is 1. The Morgan fingerprint density at radius 2 is 1.76 bits per heavy atom. The molecular weight excluding hydrogens is 388 g/mol. The molecule has 1 N–H and O–H groups in total. The van der Waals surface area contributed by atoms with Gasteiger partial charge in [-0.25, -0.2) is 0 Å². The summed E-state index contributed by atoms with van der Waals surface area (Å²) >= 11 is 0. The maximum Gasteiger partial charge on any atom is 0.255 e. The van der Waals surface area contributed by atoms with Crippen LogP contribution in [0.2, 0.25) is 0 Å². The quantitative estimate of drug-likeness (QED) is 0.814. The van der Waals surface area contributed by atoms with Crippen molar-refractivity contribution in [3.05, 3.63) is 23.0 Å². The summed E-state index contributed by atoms with van der Waals surface area (Å²) in [6.45, 7) is 7.72. The van der Waals surface area contributed by atoms with Gasteiger partial charge in [0.2, 0.25) is 5.91 Å². The topological polar surface area (TPSA) is 57.6 Å². The molecule has 7 heteroatoms. The lowest BCUT2D eigenvalue weighted by atomic mass is 9.95. The molecule has 1 saturated carbocycles. The van der Waals surface area contributed by atoms with Crippen LogP contribution in [0.1, 0.15) is 72.7 Å². The van der Waals surface area contributed by atoms with E-state index in [9.17, 15) is 9.59 Å². The first kappa shape index (κ1) is 22.2. The van der Waals surface area contributed by atoms with Gasteiger partial charge in [-0.1, -0.05) is 19.3 Å². The van der Waals surface area contributed by atoms with E-state index < -0.39 is 0 Å². The molecule has 2 saturated heterocycles. The van der Waals surface area contributed by atoms with Crippen molar-refractivity contribution in [2.75, 3.05) is 32.7 Å². The third-order valence-corrected chi connectivity index (χ3v) is 6.91. The number of hydrogen-bond donors (Lipinski definition) is 1. The van der Waals surface area contributed by atoms with Gasteiger partial charge in [-0.3, -0.25) is 9.59 Å². The summed E-state index contributed by atoms with van der Waals surface area (Å²) in [6, 6.07) is 2.79. The number of carbonyl (C=O) groups is 2. The molecular formula is C22H35ClN4O2. The Hall–Kier alpha value is -1.53. The number of rotatable bonds is 3. The third kappa shape index (κ3) is 4.48. The van der Waals surface area contributed by atoms with Crippen molar-refractivity contribution >= 4 is 24.2 Å². The summed E-state index contributed by atoms with van der Waals surface area (Å²) in [6.07, 6.45) is 8.32. The zero-order chi connectivity index (χ0) is 19.7. The summed E-state index contributed by atoms with van der Waals surface area (Å²) in [5.74, 6) is 0.309. The van der Waals surface area contributed by atoms with Crippen LogP contribution in [0.5, 0.6) is 0 Å². The molecule has 0 spiro atoms. The average Bonchev–Trinajstić information content (AvgIpc) is 3.02. The number of nitrogens with zero attached hydrogens (tertiary/aromatic N) is 3. The first-order valence-electron chi connectivity index (χ1n) is 11.0. The normalized spacial score (nSPS) is 23.8. The van der Waals surface area contributed by atoms with Crippen molar-refractivity contribution in [1.82, 2.24) is 19.7 Å². The lowest BCUT2D eigenvalue weighted by Gasteiger charge is -2.41. The predicted octanol–water partition coefficient (Wildman–Crippen LogP) is 3.07. The summed E-state index contributed by atoms with van der Waals surface area (Å²) in [7, 11) is 0. The zero-order valence-electron chi connectivity index (χ0n) is 17.8. The number of halogens is 1. The van der Waals surface area contributed by atoms with Gasteiger partial charge in [0, 0.05) is 49.7 Å². The first-order chi connectivity index (χ1) is 13.6. The molecule has 2 amide bonds. The maximum absolute atomic E-state index is 13.4. The van der Waals surface area contributed by atoms with Crippen LogP contribution >= 0.6 is 12.4 Å². The van der Waals surface area contributed by atoms with Crippen LogP contribution in [0.25, 0.3) is 0 Å². The molecule has 1 unspecified atom stereocenters. The van der Waals surface area contributed by atoms with E-state index in [2.05, 4.69) is 29.8 Å². The molecule has 6 nitrogen and oxygen atoms in total. The van der Waals surface area contributed by atoms with Crippen LogP contribution in [-0.2, 0) is 4.79 Å². The minimum atomic E-state index is 0. The van der Waals surface area contributed by atoms with Crippen molar-refractivity contribution in [1.29, 1.82) is 0 Å². The van der Waals surface area contributed by atoms with E-state index in [4.69, 9.17) is 0 Å². The number of piperidine rings is 1. The van der Waals surface area contributed by atoms with Crippen LogP contribution < -0.4 is 5.32 Å². The number of aromatic nitrogens is 1.